The first-order chi connectivity index (χ1) is 12.8. The van der Waals surface area contributed by atoms with Crippen molar-refractivity contribution in [2.45, 2.75) is 38.8 Å². The summed E-state index contributed by atoms with van der Waals surface area (Å²) in [5, 5.41) is 3.40. The van der Waals surface area contributed by atoms with Crippen LogP contribution in [0.1, 0.15) is 31.7 Å². The Hall–Kier alpha value is -1.86. The van der Waals surface area contributed by atoms with Gasteiger partial charge in [0.25, 0.3) is 0 Å². The number of guanidine groups is 1. The maximum absolute atomic E-state index is 5.94. The molecule has 2 rings (SSSR count). The van der Waals surface area contributed by atoms with Crippen molar-refractivity contribution in [2.75, 3.05) is 47.1 Å². The number of nitrogens with one attached hydrogen (secondary N) is 1. The number of aliphatic imine (C=N–C) groups is 1. The van der Waals surface area contributed by atoms with Gasteiger partial charge in [-0.05, 0) is 37.8 Å². The minimum Gasteiger partial charge on any atom is -0.481 e. The molecule has 0 spiro atoms. The van der Waals surface area contributed by atoms with E-state index >= 15 is 0 Å². The third kappa shape index (κ3) is 6.80. The van der Waals surface area contributed by atoms with Crippen LogP contribution in [0.3, 0.4) is 0 Å². The van der Waals surface area contributed by atoms with Crippen molar-refractivity contribution in [1.29, 1.82) is 0 Å². The van der Waals surface area contributed by atoms with Crippen LogP contribution < -0.4 is 10.1 Å². The predicted octanol–water partition coefficient (Wildman–Crippen LogP) is 2.07. The van der Waals surface area contributed by atoms with Gasteiger partial charge < -0.3 is 24.4 Å². The molecule has 26 heavy (non-hydrogen) atoms. The number of hydrogen-bond acceptors (Lipinski definition) is 5. The highest BCUT2D eigenvalue weighted by molar-refractivity contribution is 5.80. The minimum absolute atomic E-state index is 0.343. The van der Waals surface area contributed by atoms with E-state index in [1.54, 1.807) is 20.4 Å². The highest BCUT2D eigenvalue weighted by Crippen LogP contribution is 2.15. The lowest BCUT2D eigenvalue weighted by Gasteiger charge is -2.34. The van der Waals surface area contributed by atoms with Gasteiger partial charge in [0.2, 0.25) is 5.88 Å². The lowest BCUT2D eigenvalue weighted by Crippen LogP contribution is -2.47. The zero-order chi connectivity index (χ0) is 18.6. The molecule has 0 bridgehead atoms. The van der Waals surface area contributed by atoms with Crippen LogP contribution in [0.25, 0.3) is 0 Å². The van der Waals surface area contributed by atoms with Crippen LogP contribution in [0.15, 0.2) is 23.3 Å². The summed E-state index contributed by atoms with van der Waals surface area (Å²) in [6, 6.07) is 3.89. The van der Waals surface area contributed by atoms with Crippen molar-refractivity contribution < 1.29 is 14.2 Å². The van der Waals surface area contributed by atoms with E-state index in [1.807, 2.05) is 12.1 Å². The summed E-state index contributed by atoms with van der Waals surface area (Å²) in [5.41, 5.74) is 1.09. The van der Waals surface area contributed by atoms with Gasteiger partial charge in [0.15, 0.2) is 5.96 Å². The molecule has 0 aromatic carbocycles. The van der Waals surface area contributed by atoms with E-state index in [0.717, 1.165) is 63.6 Å². The monoisotopic (exact) mass is 364 g/mol. The Labute approximate surface area is 156 Å². The Morgan fingerprint density at radius 2 is 2.12 bits per heavy atom. The maximum Gasteiger partial charge on any atom is 0.213 e. The van der Waals surface area contributed by atoms with Crippen molar-refractivity contribution in [1.82, 2.24) is 15.2 Å². The van der Waals surface area contributed by atoms with Crippen molar-refractivity contribution in [3.8, 4) is 5.88 Å². The highest BCUT2D eigenvalue weighted by Gasteiger charge is 2.21. The number of ether oxygens (including phenoxy) is 3. The quantitative estimate of drug-likeness (QED) is 0.411. The molecule has 146 valence electrons. The zero-order valence-electron chi connectivity index (χ0n) is 16.2. The van der Waals surface area contributed by atoms with Crippen LogP contribution in [0.5, 0.6) is 5.88 Å². The van der Waals surface area contributed by atoms with Crippen LogP contribution in [-0.2, 0) is 16.0 Å². The fourth-order valence-corrected chi connectivity index (χ4v) is 2.94. The van der Waals surface area contributed by atoms with E-state index in [0.29, 0.717) is 18.5 Å². The van der Waals surface area contributed by atoms with Gasteiger partial charge in [0, 0.05) is 52.2 Å². The first kappa shape index (κ1) is 20.5. The maximum atomic E-state index is 5.94. The number of pyridine rings is 1. The zero-order valence-corrected chi connectivity index (χ0v) is 16.2. The predicted molar refractivity (Wildman–Crippen MR) is 103 cm³/mol. The Kier molecular flexibility index (Phi) is 9.20. The summed E-state index contributed by atoms with van der Waals surface area (Å²) < 4.78 is 16.2. The molecule has 0 radical (unpaired) electrons. The van der Waals surface area contributed by atoms with Gasteiger partial charge >= 0.3 is 0 Å². The largest absolute Gasteiger partial charge is 0.481 e. The molecule has 1 aliphatic rings. The van der Waals surface area contributed by atoms with Gasteiger partial charge in [-0.3, -0.25) is 0 Å². The number of hydrogen-bond donors (Lipinski definition) is 1. The highest BCUT2D eigenvalue weighted by atomic mass is 16.5. The number of nitrogens with zero attached hydrogens (tertiary/aromatic N) is 3. The molecular formula is C19H32N4O3. The van der Waals surface area contributed by atoms with Gasteiger partial charge in [-0.15, -0.1) is 0 Å². The Morgan fingerprint density at radius 1 is 1.31 bits per heavy atom. The number of piperidine rings is 1. The smallest absolute Gasteiger partial charge is 0.213 e. The fourth-order valence-electron chi connectivity index (χ4n) is 2.94. The third-order valence-electron chi connectivity index (χ3n) is 4.34. The Morgan fingerprint density at radius 3 is 2.81 bits per heavy atom. The van der Waals surface area contributed by atoms with Gasteiger partial charge in [-0.25, -0.2) is 9.98 Å². The second-order valence-electron chi connectivity index (χ2n) is 6.28. The number of aromatic nitrogens is 1. The van der Waals surface area contributed by atoms with E-state index in [4.69, 9.17) is 19.2 Å². The van der Waals surface area contributed by atoms with E-state index in [9.17, 15) is 0 Å². The molecule has 0 saturated carbocycles. The second kappa shape index (κ2) is 11.7. The summed E-state index contributed by atoms with van der Waals surface area (Å²) in [4.78, 5) is 11.2. The molecule has 7 nitrogen and oxygen atoms in total. The Bertz CT molecular complexity index is 545. The van der Waals surface area contributed by atoms with Crippen LogP contribution in [-0.4, -0.2) is 69.0 Å². The average Bonchev–Trinajstić information content (AvgIpc) is 2.69. The summed E-state index contributed by atoms with van der Waals surface area (Å²) in [7, 11) is 3.35. The van der Waals surface area contributed by atoms with Gasteiger partial charge in [-0.1, -0.05) is 0 Å². The van der Waals surface area contributed by atoms with Crippen molar-refractivity contribution in [2.24, 2.45) is 4.99 Å². The molecule has 1 aromatic rings. The standard InChI is InChI=1S/C19H32N4O3/c1-4-20-19(22-15-16-6-9-21-18(14-16)25-3)23-10-7-17(8-11-23)26-13-5-12-24-2/h6,9,14,17H,4-5,7-8,10-13,15H2,1-3H3,(H,20,22). The second-order valence-corrected chi connectivity index (χ2v) is 6.28. The first-order valence-electron chi connectivity index (χ1n) is 9.39. The van der Waals surface area contributed by atoms with Crippen molar-refractivity contribution >= 4 is 5.96 Å². The molecule has 0 amide bonds. The molecular weight excluding hydrogens is 332 g/mol. The molecule has 1 N–H and O–H groups in total. The van der Waals surface area contributed by atoms with Crippen LogP contribution >= 0.6 is 0 Å². The summed E-state index contributed by atoms with van der Waals surface area (Å²) >= 11 is 0. The summed E-state index contributed by atoms with van der Waals surface area (Å²) in [6.45, 7) is 7.00. The summed E-state index contributed by atoms with van der Waals surface area (Å²) in [5.74, 6) is 1.58. The molecule has 0 unspecified atom stereocenters. The van der Waals surface area contributed by atoms with E-state index in [1.165, 1.54) is 0 Å². The number of rotatable bonds is 9. The third-order valence-corrected chi connectivity index (χ3v) is 4.34. The lowest BCUT2D eigenvalue weighted by atomic mass is 10.1. The van der Waals surface area contributed by atoms with Gasteiger partial charge in [-0.2, -0.15) is 0 Å². The van der Waals surface area contributed by atoms with Crippen LogP contribution in [0.4, 0.5) is 0 Å². The molecule has 2 heterocycles. The molecule has 0 atom stereocenters. The normalized spacial score (nSPS) is 16.0. The topological polar surface area (TPSA) is 68.2 Å². The Balaban J connectivity index is 1.85. The number of methoxy groups -OCH3 is 2. The lowest BCUT2D eigenvalue weighted by molar-refractivity contribution is 0.00990. The summed E-state index contributed by atoms with van der Waals surface area (Å²) in [6.07, 6.45) is 5.11. The fraction of sp³-hybridized carbons (Fsp3) is 0.684. The van der Waals surface area contributed by atoms with E-state index in [-0.39, 0.29) is 0 Å². The molecule has 1 saturated heterocycles. The number of likely N-dealkylation sites (tertiary alicyclic amines) is 1. The molecule has 1 fully saturated rings. The molecule has 1 aliphatic heterocycles. The minimum atomic E-state index is 0.343. The SMILES string of the molecule is CCNC(=NCc1ccnc(OC)c1)N1CCC(OCCCOC)CC1. The van der Waals surface area contributed by atoms with Gasteiger partial charge in [0.05, 0.1) is 19.8 Å². The molecule has 7 heteroatoms. The van der Waals surface area contributed by atoms with Crippen molar-refractivity contribution in [3.63, 3.8) is 0 Å². The average molecular weight is 364 g/mol. The molecule has 1 aromatic heterocycles. The first-order valence-corrected chi connectivity index (χ1v) is 9.39. The van der Waals surface area contributed by atoms with Crippen molar-refractivity contribution in [3.05, 3.63) is 23.9 Å². The van der Waals surface area contributed by atoms with Crippen LogP contribution in [0, 0.1) is 0 Å². The van der Waals surface area contributed by atoms with Gasteiger partial charge in [0.1, 0.15) is 0 Å². The van der Waals surface area contributed by atoms with E-state index < -0.39 is 0 Å². The molecule has 0 aliphatic carbocycles. The van der Waals surface area contributed by atoms with Crippen LogP contribution in [0.2, 0.25) is 0 Å². The van der Waals surface area contributed by atoms with E-state index in [2.05, 4.69) is 22.1 Å².